The predicted octanol–water partition coefficient (Wildman–Crippen LogP) is 2.43. The van der Waals surface area contributed by atoms with Gasteiger partial charge in [-0.1, -0.05) is 19.8 Å². The van der Waals surface area contributed by atoms with E-state index in [1.807, 2.05) is 6.92 Å². The Morgan fingerprint density at radius 1 is 1.30 bits per heavy atom. The summed E-state index contributed by atoms with van der Waals surface area (Å²) >= 11 is 0. The maximum Gasteiger partial charge on any atom is 0.273 e. The zero-order chi connectivity index (χ0) is 16.9. The van der Waals surface area contributed by atoms with Crippen LogP contribution in [-0.4, -0.2) is 25.9 Å². The molecule has 1 atom stereocenters. The van der Waals surface area contributed by atoms with E-state index < -0.39 is 14.9 Å². The molecule has 0 aliphatic rings. The summed E-state index contributed by atoms with van der Waals surface area (Å²) in [6.45, 7) is 5.40. The molecule has 0 spiro atoms. The molecule has 132 valence electrons. The Hall–Kier alpha value is -1.22. The molecule has 1 aromatic carbocycles. The van der Waals surface area contributed by atoms with Crippen molar-refractivity contribution in [3.05, 3.63) is 33.4 Å². The molecule has 0 amide bonds. The fourth-order valence-corrected chi connectivity index (χ4v) is 3.80. The third-order valence-electron chi connectivity index (χ3n) is 3.49. The van der Waals surface area contributed by atoms with E-state index in [0.717, 1.165) is 18.9 Å². The zero-order valence-electron chi connectivity index (χ0n) is 13.5. The standard InChI is InChI=1S/C14H23N3O4S.ClH/c1-4-5-6-12(9-15)16-22(20,21)14-8-13(17(18)19)10(2)7-11(14)3;/h7-8,12,16H,4-6,9,15H2,1-3H3;1H. The summed E-state index contributed by atoms with van der Waals surface area (Å²) in [6, 6.07) is 2.25. The number of nitrogens with zero attached hydrogens (tertiary/aromatic N) is 1. The number of rotatable bonds is 8. The Bertz CT molecular complexity index is 650. The van der Waals surface area contributed by atoms with Gasteiger partial charge in [-0.25, -0.2) is 13.1 Å². The van der Waals surface area contributed by atoms with Crippen molar-refractivity contribution in [2.45, 2.75) is 51.0 Å². The minimum absolute atomic E-state index is 0. The van der Waals surface area contributed by atoms with E-state index in [0.29, 0.717) is 17.5 Å². The number of nitro benzene ring substituents is 1. The van der Waals surface area contributed by atoms with Gasteiger partial charge in [0.15, 0.2) is 0 Å². The lowest BCUT2D eigenvalue weighted by molar-refractivity contribution is -0.385. The fourth-order valence-electron chi connectivity index (χ4n) is 2.27. The lowest BCUT2D eigenvalue weighted by Gasteiger charge is -2.17. The topological polar surface area (TPSA) is 115 Å². The third-order valence-corrected chi connectivity index (χ3v) is 5.15. The quantitative estimate of drug-likeness (QED) is 0.542. The highest BCUT2D eigenvalue weighted by Gasteiger charge is 2.24. The molecular weight excluding hydrogens is 342 g/mol. The van der Waals surface area contributed by atoms with E-state index in [2.05, 4.69) is 4.72 Å². The van der Waals surface area contributed by atoms with Gasteiger partial charge in [0.05, 0.1) is 9.82 Å². The number of hydrogen-bond donors (Lipinski definition) is 2. The van der Waals surface area contributed by atoms with Crippen LogP contribution in [0.25, 0.3) is 0 Å². The smallest absolute Gasteiger partial charge is 0.273 e. The van der Waals surface area contributed by atoms with Crippen LogP contribution in [0.4, 0.5) is 5.69 Å². The summed E-state index contributed by atoms with van der Waals surface area (Å²) in [4.78, 5) is 10.4. The number of sulfonamides is 1. The summed E-state index contributed by atoms with van der Waals surface area (Å²) in [5, 5.41) is 11.0. The molecule has 1 unspecified atom stereocenters. The van der Waals surface area contributed by atoms with Crippen molar-refractivity contribution in [1.82, 2.24) is 4.72 Å². The number of hydrogen-bond acceptors (Lipinski definition) is 5. The summed E-state index contributed by atoms with van der Waals surface area (Å²) in [7, 11) is -3.84. The monoisotopic (exact) mass is 365 g/mol. The van der Waals surface area contributed by atoms with Gasteiger partial charge in [-0.2, -0.15) is 0 Å². The van der Waals surface area contributed by atoms with Crippen molar-refractivity contribution in [2.24, 2.45) is 5.73 Å². The SMILES string of the molecule is CCCCC(CN)NS(=O)(=O)c1cc([N+](=O)[O-])c(C)cc1C.Cl. The second-order valence-electron chi connectivity index (χ2n) is 5.36. The van der Waals surface area contributed by atoms with E-state index in [-0.39, 0.29) is 35.6 Å². The van der Waals surface area contributed by atoms with Gasteiger partial charge < -0.3 is 5.73 Å². The van der Waals surface area contributed by atoms with E-state index in [1.54, 1.807) is 13.8 Å². The number of benzene rings is 1. The number of aryl methyl sites for hydroxylation is 2. The van der Waals surface area contributed by atoms with Crippen LogP contribution in [0.1, 0.15) is 37.3 Å². The maximum atomic E-state index is 12.5. The molecule has 9 heteroatoms. The van der Waals surface area contributed by atoms with Crippen LogP contribution in [0.2, 0.25) is 0 Å². The minimum atomic E-state index is -3.84. The van der Waals surface area contributed by atoms with Crippen molar-refractivity contribution in [3.63, 3.8) is 0 Å². The van der Waals surface area contributed by atoms with Crippen LogP contribution < -0.4 is 10.5 Å². The van der Waals surface area contributed by atoms with Crippen molar-refractivity contribution in [3.8, 4) is 0 Å². The summed E-state index contributed by atoms with van der Waals surface area (Å²) in [5.41, 5.74) is 6.31. The molecule has 1 rings (SSSR count). The second kappa shape index (κ2) is 9.17. The highest BCUT2D eigenvalue weighted by Crippen LogP contribution is 2.26. The van der Waals surface area contributed by atoms with Crippen LogP contribution in [-0.2, 0) is 10.0 Å². The number of nitrogens with one attached hydrogen (secondary N) is 1. The molecule has 0 aliphatic heterocycles. The third kappa shape index (κ3) is 5.72. The van der Waals surface area contributed by atoms with Crippen LogP contribution in [0.5, 0.6) is 0 Å². The minimum Gasteiger partial charge on any atom is -0.329 e. The Labute approximate surface area is 143 Å². The average molecular weight is 366 g/mol. The normalized spacial score (nSPS) is 12.5. The first-order chi connectivity index (χ1) is 10.2. The van der Waals surface area contributed by atoms with Gasteiger partial charge in [-0.3, -0.25) is 10.1 Å². The molecular formula is C14H24ClN3O4S. The van der Waals surface area contributed by atoms with Crippen LogP contribution in [0.15, 0.2) is 17.0 Å². The van der Waals surface area contributed by atoms with Crippen LogP contribution in [0.3, 0.4) is 0 Å². The van der Waals surface area contributed by atoms with Gasteiger partial charge in [0, 0.05) is 24.2 Å². The molecule has 0 aromatic heterocycles. The van der Waals surface area contributed by atoms with E-state index in [1.165, 1.54) is 6.07 Å². The zero-order valence-corrected chi connectivity index (χ0v) is 15.2. The molecule has 0 radical (unpaired) electrons. The first kappa shape index (κ1) is 21.8. The van der Waals surface area contributed by atoms with Gasteiger partial charge in [-0.05, 0) is 31.9 Å². The Kier molecular flexibility index (Phi) is 8.68. The van der Waals surface area contributed by atoms with Crippen LogP contribution >= 0.6 is 12.4 Å². The summed E-state index contributed by atoms with van der Waals surface area (Å²) in [6.07, 6.45) is 2.43. The molecule has 0 bridgehead atoms. The lowest BCUT2D eigenvalue weighted by atomic mass is 10.1. The van der Waals surface area contributed by atoms with Crippen molar-refractivity contribution < 1.29 is 13.3 Å². The predicted molar refractivity (Wildman–Crippen MR) is 92.5 cm³/mol. The first-order valence-electron chi connectivity index (χ1n) is 7.21. The molecule has 0 saturated heterocycles. The molecule has 0 saturated carbocycles. The van der Waals surface area contributed by atoms with Gasteiger partial charge in [-0.15, -0.1) is 12.4 Å². The van der Waals surface area contributed by atoms with E-state index in [4.69, 9.17) is 5.73 Å². The van der Waals surface area contributed by atoms with Gasteiger partial charge in [0.2, 0.25) is 10.0 Å². The molecule has 3 N–H and O–H groups in total. The largest absolute Gasteiger partial charge is 0.329 e. The van der Waals surface area contributed by atoms with E-state index >= 15 is 0 Å². The van der Waals surface area contributed by atoms with Crippen LogP contribution in [0, 0.1) is 24.0 Å². The molecule has 0 fully saturated rings. The van der Waals surface area contributed by atoms with Crippen molar-refractivity contribution >= 4 is 28.1 Å². The Morgan fingerprint density at radius 3 is 2.39 bits per heavy atom. The summed E-state index contributed by atoms with van der Waals surface area (Å²) < 4.78 is 27.5. The molecule has 7 nitrogen and oxygen atoms in total. The molecule has 0 heterocycles. The van der Waals surface area contributed by atoms with Crippen molar-refractivity contribution in [1.29, 1.82) is 0 Å². The highest BCUT2D eigenvalue weighted by molar-refractivity contribution is 7.89. The number of unbranched alkanes of at least 4 members (excludes halogenated alkanes) is 1. The second-order valence-corrected chi connectivity index (χ2v) is 7.04. The Balaban J connectivity index is 0.00000484. The number of nitro groups is 1. The fraction of sp³-hybridized carbons (Fsp3) is 0.571. The van der Waals surface area contributed by atoms with Crippen molar-refractivity contribution in [2.75, 3.05) is 6.54 Å². The molecule has 23 heavy (non-hydrogen) atoms. The molecule has 0 aliphatic carbocycles. The highest BCUT2D eigenvalue weighted by atomic mass is 35.5. The Morgan fingerprint density at radius 2 is 1.91 bits per heavy atom. The lowest BCUT2D eigenvalue weighted by Crippen LogP contribution is -2.40. The number of halogens is 1. The van der Waals surface area contributed by atoms with E-state index in [9.17, 15) is 18.5 Å². The number of nitrogens with two attached hydrogens (primary N) is 1. The first-order valence-corrected chi connectivity index (χ1v) is 8.69. The maximum absolute atomic E-state index is 12.5. The van der Waals surface area contributed by atoms with Gasteiger partial charge in [0.1, 0.15) is 0 Å². The average Bonchev–Trinajstić information content (AvgIpc) is 2.42. The van der Waals surface area contributed by atoms with Gasteiger partial charge >= 0.3 is 0 Å². The molecule has 1 aromatic rings. The summed E-state index contributed by atoms with van der Waals surface area (Å²) in [5.74, 6) is 0. The van der Waals surface area contributed by atoms with Gasteiger partial charge in [0.25, 0.3) is 5.69 Å².